The normalized spacial score (nSPS) is 11.4. The molecule has 1 amide bonds. The summed E-state index contributed by atoms with van der Waals surface area (Å²) in [4.78, 5) is 28.8. The van der Waals surface area contributed by atoms with Gasteiger partial charge in [-0.05, 0) is 66.7 Å². The van der Waals surface area contributed by atoms with Gasteiger partial charge >= 0.3 is 5.69 Å². The van der Waals surface area contributed by atoms with Gasteiger partial charge in [0.2, 0.25) is 0 Å². The van der Waals surface area contributed by atoms with Gasteiger partial charge in [-0.15, -0.1) is 0 Å². The van der Waals surface area contributed by atoms with Gasteiger partial charge in [0.15, 0.2) is 0 Å². The van der Waals surface area contributed by atoms with Crippen LogP contribution in [0.5, 0.6) is 0 Å². The molecule has 0 aliphatic heterocycles. The second kappa shape index (κ2) is 7.81. The average Bonchev–Trinajstić information content (AvgIpc) is 3.09. The number of hydrogen-bond acceptors (Lipinski definition) is 4. The molecule has 1 heterocycles. The lowest BCUT2D eigenvalue weighted by Gasteiger charge is -2.09. The molecule has 10 heteroatoms. The molecule has 1 aromatic heterocycles. The van der Waals surface area contributed by atoms with Gasteiger partial charge < -0.3 is 15.3 Å². The van der Waals surface area contributed by atoms with E-state index in [1.165, 1.54) is 42.5 Å². The van der Waals surface area contributed by atoms with Crippen molar-refractivity contribution in [3.05, 3.63) is 87.3 Å². The summed E-state index contributed by atoms with van der Waals surface area (Å²) in [5.74, 6) is -0.311. The molecule has 4 aromatic rings. The Morgan fingerprint density at radius 1 is 0.833 bits per heavy atom. The molecule has 0 radical (unpaired) electrons. The molecule has 8 nitrogen and oxygen atoms in total. The predicted molar refractivity (Wildman–Crippen MR) is 118 cm³/mol. The van der Waals surface area contributed by atoms with E-state index in [1.54, 1.807) is 12.1 Å². The Labute approximate surface area is 179 Å². The average molecular weight is 487 g/mol. The molecular formula is C20H15BrN4O4S. The number of anilines is 2. The summed E-state index contributed by atoms with van der Waals surface area (Å²) >= 11 is 3.33. The van der Waals surface area contributed by atoms with E-state index in [2.05, 4.69) is 35.9 Å². The maximum Gasteiger partial charge on any atom is 0.323 e. The molecule has 30 heavy (non-hydrogen) atoms. The van der Waals surface area contributed by atoms with Crippen LogP contribution in [0.4, 0.5) is 11.4 Å². The van der Waals surface area contributed by atoms with E-state index in [9.17, 15) is 18.0 Å². The van der Waals surface area contributed by atoms with Crippen LogP contribution in [0.25, 0.3) is 11.0 Å². The predicted octanol–water partition coefficient (Wildman–Crippen LogP) is 3.67. The van der Waals surface area contributed by atoms with Crippen LogP contribution in [0, 0.1) is 0 Å². The van der Waals surface area contributed by atoms with Crippen LogP contribution < -0.4 is 15.7 Å². The van der Waals surface area contributed by atoms with E-state index < -0.39 is 15.7 Å². The number of imidazole rings is 1. The van der Waals surface area contributed by atoms with E-state index in [4.69, 9.17) is 0 Å². The number of halogens is 1. The summed E-state index contributed by atoms with van der Waals surface area (Å²) in [5, 5.41) is 2.77. The standard InChI is InChI=1S/C20H15BrN4O4S/c21-13-3-7-14(8-4-13)22-19(26)12-1-5-15(6-2-12)25-30(28,29)16-9-10-17-18(11-16)24-20(27)23-17/h1-11,25H,(H,22,26)(H2,23,24,27). The highest BCUT2D eigenvalue weighted by molar-refractivity contribution is 9.10. The van der Waals surface area contributed by atoms with Crippen molar-refractivity contribution in [2.75, 3.05) is 10.0 Å². The number of sulfonamides is 1. The van der Waals surface area contributed by atoms with Crippen molar-refractivity contribution in [3.63, 3.8) is 0 Å². The first-order valence-corrected chi connectivity index (χ1v) is 11.0. The van der Waals surface area contributed by atoms with Crippen LogP contribution in [0.2, 0.25) is 0 Å². The fourth-order valence-corrected chi connectivity index (χ4v) is 4.17. The maximum atomic E-state index is 12.6. The van der Waals surface area contributed by atoms with Crippen molar-refractivity contribution in [3.8, 4) is 0 Å². The molecule has 0 aliphatic rings. The van der Waals surface area contributed by atoms with E-state index >= 15 is 0 Å². The highest BCUT2D eigenvalue weighted by atomic mass is 79.9. The molecule has 4 N–H and O–H groups in total. The van der Waals surface area contributed by atoms with E-state index in [0.29, 0.717) is 28.0 Å². The summed E-state index contributed by atoms with van der Waals surface area (Å²) in [6.07, 6.45) is 0. The van der Waals surface area contributed by atoms with Crippen molar-refractivity contribution >= 4 is 54.3 Å². The van der Waals surface area contributed by atoms with E-state index in [-0.39, 0.29) is 10.8 Å². The first-order chi connectivity index (χ1) is 14.3. The number of rotatable bonds is 5. The minimum Gasteiger partial charge on any atom is -0.322 e. The lowest BCUT2D eigenvalue weighted by Crippen LogP contribution is -2.14. The zero-order valence-corrected chi connectivity index (χ0v) is 17.7. The van der Waals surface area contributed by atoms with Gasteiger partial charge in [-0.25, -0.2) is 13.2 Å². The van der Waals surface area contributed by atoms with Crippen molar-refractivity contribution in [2.45, 2.75) is 4.90 Å². The SMILES string of the molecule is O=C(Nc1ccc(Br)cc1)c1ccc(NS(=O)(=O)c2ccc3[nH]c(=O)[nH]c3c2)cc1. The summed E-state index contributed by atoms with van der Waals surface area (Å²) in [7, 11) is -3.87. The molecule has 0 saturated heterocycles. The van der Waals surface area contributed by atoms with Crippen molar-refractivity contribution < 1.29 is 13.2 Å². The van der Waals surface area contributed by atoms with E-state index in [1.807, 2.05) is 12.1 Å². The van der Waals surface area contributed by atoms with Crippen LogP contribution in [-0.4, -0.2) is 24.3 Å². The zero-order chi connectivity index (χ0) is 21.3. The molecular weight excluding hydrogens is 472 g/mol. The van der Waals surface area contributed by atoms with Crippen LogP contribution in [0.15, 0.2) is 80.9 Å². The lowest BCUT2D eigenvalue weighted by atomic mass is 10.2. The molecule has 0 unspecified atom stereocenters. The minimum atomic E-state index is -3.87. The smallest absolute Gasteiger partial charge is 0.322 e. The summed E-state index contributed by atoms with van der Waals surface area (Å²) < 4.78 is 28.6. The molecule has 3 aromatic carbocycles. The van der Waals surface area contributed by atoms with Gasteiger partial charge in [0.1, 0.15) is 0 Å². The Morgan fingerprint density at radius 2 is 1.47 bits per heavy atom. The third-order valence-electron chi connectivity index (χ3n) is 4.30. The number of benzene rings is 3. The largest absolute Gasteiger partial charge is 0.323 e. The monoisotopic (exact) mass is 486 g/mol. The van der Waals surface area contributed by atoms with Crippen LogP contribution in [0.1, 0.15) is 10.4 Å². The molecule has 0 spiro atoms. The third-order valence-corrected chi connectivity index (χ3v) is 6.21. The number of hydrogen-bond donors (Lipinski definition) is 4. The van der Waals surface area contributed by atoms with Gasteiger partial charge in [0.05, 0.1) is 15.9 Å². The van der Waals surface area contributed by atoms with Gasteiger partial charge in [0.25, 0.3) is 15.9 Å². The third kappa shape index (κ3) is 4.29. The van der Waals surface area contributed by atoms with Gasteiger partial charge in [-0.2, -0.15) is 0 Å². The molecule has 0 atom stereocenters. The van der Waals surface area contributed by atoms with Crippen molar-refractivity contribution in [2.24, 2.45) is 0 Å². The van der Waals surface area contributed by atoms with Gasteiger partial charge in [-0.3, -0.25) is 9.52 Å². The molecule has 152 valence electrons. The highest BCUT2D eigenvalue weighted by Gasteiger charge is 2.16. The zero-order valence-electron chi connectivity index (χ0n) is 15.3. The first-order valence-electron chi connectivity index (χ1n) is 8.72. The Morgan fingerprint density at radius 3 is 2.17 bits per heavy atom. The summed E-state index contributed by atoms with van der Waals surface area (Å²) in [6.45, 7) is 0. The number of amides is 1. The summed E-state index contributed by atoms with van der Waals surface area (Å²) in [6, 6.07) is 17.5. The molecule has 0 saturated carbocycles. The number of carbonyl (C=O) groups is 1. The quantitative estimate of drug-likeness (QED) is 0.343. The summed E-state index contributed by atoms with van der Waals surface area (Å²) in [5.41, 5.74) is 1.82. The number of aromatic nitrogens is 2. The molecule has 0 fully saturated rings. The number of fused-ring (bicyclic) bond motifs is 1. The number of carbonyl (C=O) groups excluding carboxylic acids is 1. The van der Waals surface area contributed by atoms with Gasteiger partial charge in [0, 0.05) is 21.4 Å². The molecule has 4 rings (SSSR count). The number of nitrogens with one attached hydrogen (secondary N) is 4. The Balaban J connectivity index is 1.49. The van der Waals surface area contributed by atoms with Crippen molar-refractivity contribution in [1.82, 2.24) is 9.97 Å². The highest BCUT2D eigenvalue weighted by Crippen LogP contribution is 2.20. The van der Waals surface area contributed by atoms with Crippen LogP contribution in [-0.2, 0) is 10.0 Å². The fourth-order valence-electron chi connectivity index (χ4n) is 2.82. The minimum absolute atomic E-state index is 0.00214. The van der Waals surface area contributed by atoms with E-state index in [0.717, 1.165) is 4.47 Å². The number of aromatic amines is 2. The Hall–Kier alpha value is -3.37. The first kappa shape index (κ1) is 19.9. The molecule has 0 bridgehead atoms. The Kier molecular flexibility index (Phi) is 5.18. The van der Waals surface area contributed by atoms with Gasteiger partial charge in [-0.1, -0.05) is 15.9 Å². The van der Waals surface area contributed by atoms with Crippen LogP contribution in [0.3, 0.4) is 0 Å². The lowest BCUT2D eigenvalue weighted by molar-refractivity contribution is 0.102. The molecule has 0 aliphatic carbocycles. The second-order valence-electron chi connectivity index (χ2n) is 6.43. The Bertz CT molecular complexity index is 1390. The van der Waals surface area contributed by atoms with Crippen molar-refractivity contribution in [1.29, 1.82) is 0 Å². The van der Waals surface area contributed by atoms with Crippen LogP contribution >= 0.6 is 15.9 Å². The number of H-pyrrole nitrogens is 2. The fraction of sp³-hybridized carbons (Fsp3) is 0. The maximum absolute atomic E-state index is 12.6. The topological polar surface area (TPSA) is 124 Å². The second-order valence-corrected chi connectivity index (χ2v) is 9.03.